The minimum atomic E-state index is -0.387. The molecule has 11 heteroatoms. The molecule has 1 atom stereocenters. The van der Waals surface area contributed by atoms with Gasteiger partial charge in [-0.2, -0.15) is 0 Å². The highest BCUT2D eigenvalue weighted by atomic mass is 16.7. The number of unbranched alkanes of at least 4 members (excludes halogenated alkanes) is 2. The molecule has 4 heterocycles. The average Bonchev–Trinajstić information content (AvgIpc) is 3.57. The fraction of sp³-hybridized carbons (Fsp3) is 0.571. The second-order valence-electron chi connectivity index (χ2n) is 13.3. The number of aryl methyl sites for hydroxylation is 1. The van der Waals surface area contributed by atoms with Gasteiger partial charge in [0.05, 0.1) is 30.6 Å². The Morgan fingerprint density at radius 2 is 1.98 bits per heavy atom. The van der Waals surface area contributed by atoms with E-state index in [-0.39, 0.29) is 28.9 Å². The van der Waals surface area contributed by atoms with Crippen molar-refractivity contribution in [1.82, 2.24) is 24.8 Å². The zero-order valence-corrected chi connectivity index (χ0v) is 27.3. The third kappa shape index (κ3) is 7.19. The molecule has 1 aliphatic carbocycles. The lowest BCUT2D eigenvalue weighted by atomic mass is 9.86. The van der Waals surface area contributed by atoms with Gasteiger partial charge in [0.1, 0.15) is 28.7 Å². The van der Waals surface area contributed by atoms with Crippen LogP contribution in [0.25, 0.3) is 22.2 Å². The second kappa shape index (κ2) is 13.8. The number of imidazole rings is 1. The number of hydrogen-bond acceptors (Lipinski definition) is 8. The van der Waals surface area contributed by atoms with E-state index in [0.29, 0.717) is 43.0 Å². The van der Waals surface area contributed by atoms with Gasteiger partial charge in [0.15, 0.2) is 0 Å². The number of ether oxygens (including phenoxy) is 1. The Hall–Kier alpha value is -3.99. The zero-order valence-electron chi connectivity index (χ0n) is 27.3. The van der Waals surface area contributed by atoms with Crippen LogP contribution in [-0.2, 0) is 21.5 Å². The summed E-state index contributed by atoms with van der Waals surface area (Å²) in [6, 6.07) is 6.80. The monoisotopic (exact) mass is 630 g/mol. The largest absolute Gasteiger partial charge is 0.496 e. The first-order valence-corrected chi connectivity index (χ1v) is 16.8. The van der Waals surface area contributed by atoms with Gasteiger partial charge < -0.3 is 29.3 Å². The number of fused-ring (bicyclic) bond motifs is 1. The van der Waals surface area contributed by atoms with Gasteiger partial charge in [0, 0.05) is 76.5 Å². The van der Waals surface area contributed by atoms with Crippen LogP contribution in [0.2, 0.25) is 0 Å². The van der Waals surface area contributed by atoms with Gasteiger partial charge in [0.2, 0.25) is 0 Å². The molecule has 2 aromatic heterocycles. The number of aromatic amines is 1. The molecule has 0 unspecified atom stereocenters. The van der Waals surface area contributed by atoms with Crippen LogP contribution in [0, 0.1) is 5.92 Å². The lowest BCUT2D eigenvalue weighted by Crippen LogP contribution is -2.46. The highest BCUT2D eigenvalue weighted by molar-refractivity contribution is 6.39. The van der Waals surface area contributed by atoms with E-state index in [9.17, 15) is 14.4 Å². The standard InChI is InChI=1S/C35H46N6O5/c1-4-25(42)8-6-5-7-9-27(38-34(44)28-20-35(46-39-28)14-16-41(17-15-35)22-23-10-11-23)33-36-21-29(37-33)26-18-24-12-13-32(43)40(2)30(24)19-31(26)45-3/h12-13,18-19,21,23,27H,4-11,14-17,20,22H2,1-3H3,(H,36,37)(H,38,44)/t27-/m0/s1. The fourth-order valence-corrected chi connectivity index (χ4v) is 6.69. The summed E-state index contributed by atoms with van der Waals surface area (Å²) < 4.78 is 7.31. The molecule has 3 aliphatic rings. The molecule has 0 bridgehead atoms. The fourth-order valence-electron chi connectivity index (χ4n) is 6.69. The first kappa shape index (κ1) is 32.0. The number of ketones is 1. The predicted molar refractivity (Wildman–Crippen MR) is 177 cm³/mol. The summed E-state index contributed by atoms with van der Waals surface area (Å²) in [6.07, 6.45) is 11.1. The van der Waals surface area contributed by atoms with Crippen molar-refractivity contribution in [2.75, 3.05) is 26.7 Å². The van der Waals surface area contributed by atoms with E-state index in [1.165, 1.54) is 19.4 Å². The van der Waals surface area contributed by atoms with E-state index >= 15 is 0 Å². The Bertz CT molecular complexity index is 1660. The molecule has 0 radical (unpaired) electrons. The van der Waals surface area contributed by atoms with Gasteiger partial charge >= 0.3 is 0 Å². The summed E-state index contributed by atoms with van der Waals surface area (Å²) in [6.45, 7) is 5.03. The van der Waals surface area contributed by atoms with Crippen molar-refractivity contribution < 1.29 is 19.2 Å². The number of amides is 1. The number of aromatic nitrogens is 3. The second-order valence-corrected chi connectivity index (χ2v) is 13.3. The minimum Gasteiger partial charge on any atom is -0.496 e. The van der Waals surface area contributed by atoms with Crippen LogP contribution in [0.15, 0.2) is 40.4 Å². The molecule has 246 valence electrons. The number of benzene rings is 1. The Morgan fingerprint density at radius 3 is 2.72 bits per heavy atom. The van der Waals surface area contributed by atoms with Crippen molar-refractivity contribution in [2.45, 2.75) is 89.2 Å². The average molecular weight is 631 g/mol. The molecule has 1 spiro atoms. The van der Waals surface area contributed by atoms with Crippen LogP contribution in [0.1, 0.15) is 89.4 Å². The van der Waals surface area contributed by atoms with Crippen molar-refractivity contribution in [1.29, 1.82) is 0 Å². The normalized spacial score (nSPS) is 18.4. The number of nitrogens with zero attached hydrogens (tertiary/aromatic N) is 4. The molecule has 1 aromatic carbocycles. The van der Waals surface area contributed by atoms with Gasteiger partial charge in [0.25, 0.3) is 11.5 Å². The molecule has 1 saturated carbocycles. The van der Waals surface area contributed by atoms with Crippen molar-refractivity contribution in [3.05, 3.63) is 46.6 Å². The molecule has 1 saturated heterocycles. The van der Waals surface area contributed by atoms with Gasteiger partial charge in [-0.05, 0) is 49.1 Å². The Labute approximate surface area is 269 Å². The number of oxime groups is 1. The molecule has 3 aromatic rings. The summed E-state index contributed by atoms with van der Waals surface area (Å²) in [7, 11) is 3.34. The summed E-state index contributed by atoms with van der Waals surface area (Å²) in [5.74, 6) is 2.15. The summed E-state index contributed by atoms with van der Waals surface area (Å²) in [5, 5.41) is 8.38. The first-order valence-electron chi connectivity index (χ1n) is 16.8. The Kier molecular flexibility index (Phi) is 9.58. The van der Waals surface area contributed by atoms with Crippen LogP contribution >= 0.6 is 0 Å². The number of carbonyl (C=O) groups excluding carboxylic acids is 2. The molecule has 2 aliphatic heterocycles. The molecule has 11 nitrogen and oxygen atoms in total. The molecule has 1 amide bonds. The van der Waals surface area contributed by atoms with Gasteiger partial charge in [-0.25, -0.2) is 4.98 Å². The van der Waals surface area contributed by atoms with Gasteiger partial charge in [-0.3, -0.25) is 14.4 Å². The maximum absolute atomic E-state index is 13.6. The zero-order chi connectivity index (χ0) is 32.3. The van der Waals surface area contributed by atoms with E-state index in [2.05, 4.69) is 20.4 Å². The van der Waals surface area contributed by atoms with Crippen molar-refractivity contribution in [3.63, 3.8) is 0 Å². The lowest BCUT2D eigenvalue weighted by Gasteiger charge is -2.37. The number of piperidine rings is 1. The van der Waals surface area contributed by atoms with Crippen LogP contribution < -0.4 is 15.6 Å². The van der Waals surface area contributed by atoms with Crippen molar-refractivity contribution in [2.24, 2.45) is 18.1 Å². The predicted octanol–water partition coefficient (Wildman–Crippen LogP) is 5.05. The molecule has 6 rings (SSSR count). The quantitative estimate of drug-likeness (QED) is 0.239. The van der Waals surface area contributed by atoms with Crippen molar-refractivity contribution >= 4 is 28.3 Å². The maximum atomic E-state index is 13.6. The maximum Gasteiger partial charge on any atom is 0.269 e. The van der Waals surface area contributed by atoms with Crippen LogP contribution in [0.4, 0.5) is 0 Å². The lowest BCUT2D eigenvalue weighted by molar-refractivity contribution is -0.119. The van der Waals surface area contributed by atoms with Crippen LogP contribution in [0.5, 0.6) is 5.75 Å². The molecular formula is C35H46N6O5. The number of pyridine rings is 1. The number of likely N-dealkylation sites (tertiary alicyclic amines) is 1. The van der Waals surface area contributed by atoms with E-state index in [4.69, 9.17) is 14.6 Å². The van der Waals surface area contributed by atoms with Crippen molar-refractivity contribution in [3.8, 4) is 17.0 Å². The highest BCUT2D eigenvalue weighted by Gasteiger charge is 2.44. The third-order valence-electron chi connectivity index (χ3n) is 9.89. The Balaban J connectivity index is 1.16. The summed E-state index contributed by atoms with van der Waals surface area (Å²) >= 11 is 0. The smallest absolute Gasteiger partial charge is 0.269 e. The number of nitrogens with one attached hydrogen (secondary N) is 2. The van der Waals surface area contributed by atoms with Gasteiger partial charge in [-0.1, -0.05) is 24.9 Å². The molecule has 46 heavy (non-hydrogen) atoms. The topological polar surface area (TPSA) is 131 Å². The van der Waals surface area contributed by atoms with Gasteiger partial charge in [-0.15, -0.1) is 0 Å². The number of H-pyrrole nitrogens is 1. The highest BCUT2D eigenvalue weighted by Crippen LogP contribution is 2.38. The first-order chi connectivity index (χ1) is 22.3. The molecule has 2 fully saturated rings. The Morgan fingerprint density at radius 1 is 1.17 bits per heavy atom. The number of rotatable bonds is 14. The number of methoxy groups -OCH3 is 1. The molecule has 2 N–H and O–H groups in total. The number of hydrogen-bond donors (Lipinski definition) is 2. The SMILES string of the molecule is CCC(=O)CCCCC[C@H](NC(=O)C1=NOC2(CCN(CC3CC3)CC2)C1)c1ncc(-c2cc3ccc(=O)n(C)c3cc2OC)[nH]1. The van der Waals surface area contributed by atoms with E-state index in [1.54, 1.807) is 37.1 Å². The van der Waals surface area contributed by atoms with E-state index in [1.807, 2.05) is 19.1 Å². The minimum absolute atomic E-state index is 0.0917. The van der Waals surface area contributed by atoms with Crippen LogP contribution in [0.3, 0.4) is 0 Å². The third-order valence-corrected chi connectivity index (χ3v) is 9.89. The molecular weight excluding hydrogens is 584 g/mol. The number of carbonyl (C=O) groups is 2. The van der Waals surface area contributed by atoms with Crippen LogP contribution in [-0.4, -0.2) is 69.2 Å². The van der Waals surface area contributed by atoms with E-state index in [0.717, 1.165) is 73.3 Å². The summed E-state index contributed by atoms with van der Waals surface area (Å²) in [4.78, 5) is 54.2. The summed E-state index contributed by atoms with van der Waals surface area (Å²) in [5.41, 5.74) is 2.27. The number of Topliss-reactive ketones (excluding diaryl/α,β-unsaturated/α-hetero) is 1. The van der Waals surface area contributed by atoms with E-state index < -0.39 is 0 Å².